The van der Waals surface area contributed by atoms with Crippen LogP contribution in [-0.2, 0) is 13.1 Å². The highest BCUT2D eigenvalue weighted by molar-refractivity contribution is 5.28. The van der Waals surface area contributed by atoms with Gasteiger partial charge in [-0.25, -0.2) is 0 Å². The lowest BCUT2D eigenvalue weighted by Gasteiger charge is -2.37. The quantitative estimate of drug-likeness (QED) is 0.125. The third-order valence-corrected chi connectivity index (χ3v) is 13.0. The minimum absolute atomic E-state index is 0.587. The molecule has 2 aliphatic rings. The summed E-state index contributed by atoms with van der Waals surface area (Å²) in [6.07, 6.45) is 10.5. The molecular formula is C48H66N2+2. The third kappa shape index (κ3) is 9.98. The monoisotopic (exact) mass is 671 g/mol. The van der Waals surface area contributed by atoms with Crippen LogP contribution < -0.4 is 9.80 Å². The van der Waals surface area contributed by atoms with Gasteiger partial charge in [0.05, 0.1) is 26.2 Å². The van der Waals surface area contributed by atoms with E-state index in [0.717, 1.165) is 11.8 Å². The zero-order valence-electron chi connectivity index (χ0n) is 31.8. The molecule has 0 radical (unpaired) electrons. The lowest BCUT2D eigenvalue weighted by Crippen LogP contribution is -3.12. The van der Waals surface area contributed by atoms with Crippen LogP contribution in [0.2, 0.25) is 0 Å². The first-order chi connectivity index (χ1) is 24.5. The molecule has 2 nitrogen and oxygen atoms in total. The summed E-state index contributed by atoms with van der Waals surface area (Å²) in [6, 6.07) is 41.6. The van der Waals surface area contributed by atoms with Gasteiger partial charge < -0.3 is 9.80 Å². The summed E-state index contributed by atoms with van der Waals surface area (Å²) >= 11 is 0. The first-order valence-corrected chi connectivity index (χ1v) is 20.4. The van der Waals surface area contributed by atoms with Crippen LogP contribution in [-0.4, -0.2) is 26.2 Å². The van der Waals surface area contributed by atoms with Gasteiger partial charge in [-0.1, -0.05) is 137 Å². The Bertz CT molecular complexity index is 1390. The fraction of sp³-hybridized carbons (Fsp3) is 0.500. The minimum Gasteiger partial charge on any atom is -0.331 e. The van der Waals surface area contributed by atoms with Crippen molar-refractivity contribution in [2.75, 3.05) is 26.2 Å². The zero-order valence-corrected chi connectivity index (χ0v) is 31.8. The van der Waals surface area contributed by atoms with Crippen LogP contribution in [0.5, 0.6) is 0 Å². The van der Waals surface area contributed by atoms with Gasteiger partial charge in [0, 0.05) is 11.1 Å². The highest BCUT2D eigenvalue weighted by Crippen LogP contribution is 2.33. The Morgan fingerprint density at radius 1 is 0.460 bits per heavy atom. The Kier molecular flexibility index (Phi) is 13.4. The van der Waals surface area contributed by atoms with Crippen molar-refractivity contribution in [1.29, 1.82) is 0 Å². The van der Waals surface area contributed by atoms with Gasteiger partial charge in [0.25, 0.3) is 0 Å². The van der Waals surface area contributed by atoms with E-state index in [9.17, 15) is 0 Å². The molecule has 2 heterocycles. The van der Waals surface area contributed by atoms with Gasteiger partial charge in [-0.2, -0.15) is 0 Å². The SMILES string of the molecule is CCC(CC(C)c1ccc(C[NH+]2CCC(C3CC[NH+](Cc4ccc(C(C)CC(CC)c5ccccc5)cc4)CC3)CC2)cc1)c1ccccc1. The molecule has 0 saturated carbocycles. The van der Waals surface area contributed by atoms with E-state index in [1.807, 2.05) is 0 Å². The highest BCUT2D eigenvalue weighted by Gasteiger charge is 2.32. The summed E-state index contributed by atoms with van der Waals surface area (Å²) in [5.41, 5.74) is 9.00. The van der Waals surface area contributed by atoms with Crippen LogP contribution in [0.3, 0.4) is 0 Å². The molecule has 2 saturated heterocycles. The summed E-state index contributed by atoms with van der Waals surface area (Å²) in [5.74, 6) is 4.35. The average Bonchev–Trinajstić information content (AvgIpc) is 3.17. The molecule has 0 aromatic heterocycles. The number of likely N-dealkylation sites (tertiary alicyclic amines) is 2. The molecule has 0 spiro atoms. The van der Waals surface area contributed by atoms with Crippen molar-refractivity contribution in [3.8, 4) is 0 Å². The van der Waals surface area contributed by atoms with Crippen LogP contribution in [0, 0.1) is 11.8 Å². The van der Waals surface area contributed by atoms with Crippen molar-refractivity contribution >= 4 is 0 Å². The normalized spacial score (nSPS) is 23.5. The molecular weight excluding hydrogens is 605 g/mol. The standard InChI is InChI=1S/C48H64N2/c1-5-41(45-13-9-7-10-14-45)33-37(3)43-21-17-39(18-22-43)35-49-29-25-47(26-30-49)48-27-31-50(32-28-48)36-40-19-23-44(24-20-40)38(4)34-42(6-2)46-15-11-8-12-16-46/h7-24,37-38,41-42,47-48H,5-6,25-36H2,1-4H3/p+2. The molecule has 0 aliphatic carbocycles. The Morgan fingerprint density at radius 2 is 0.800 bits per heavy atom. The lowest BCUT2D eigenvalue weighted by molar-refractivity contribution is -0.923. The molecule has 4 aromatic rings. The molecule has 0 bridgehead atoms. The maximum Gasteiger partial charge on any atom is 0.103 e. The first kappa shape index (κ1) is 36.6. The summed E-state index contributed by atoms with van der Waals surface area (Å²) in [4.78, 5) is 3.59. The van der Waals surface area contributed by atoms with Crippen molar-refractivity contribution in [1.82, 2.24) is 0 Å². The topological polar surface area (TPSA) is 8.88 Å². The van der Waals surface area contributed by atoms with Gasteiger partial charge >= 0.3 is 0 Å². The van der Waals surface area contributed by atoms with Crippen molar-refractivity contribution in [2.45, 2.75) is 116 Å². The van der Waals surface area contributed by atoms with Gasteiger partial charge in [0.15, 0.2) is 0 Å². The molecule has 266 valence electrons. The summed E-state index contributed by atoms with van der Waals surface area (Å²) in [5, 5.41) is 0. The second-order valence-corrected chi connectivity index (χ2v) is 16.3. The number of hydrogen-bond donors (Lipinski definition) is 2. The Labute approximate surface area is 305 Å². The first-order valence-electron chi connectivity index (χ1n) is 20.4. The molecule has 2 N–H and O–H groups in total. The molecule has 4 atom stereocenters. The van der Waals surface area contributed by atoms with Gasteiger partial charge in [0.1, 0.15) is 13.1 Å². The number of rotatable bonds is 15. The molecule has 2 fully saturated rings. The fourth-order valence-corrected chi connectivity index (χ4v) is 9.55. The van der Waals surface area contributed by atoms with Crippen LogP contribution >= 0.6 is 0 Å². The number of benzene rings is 4. The fourth-order valence-electron chi connectivity index (χ4n) is 9.55. The van der Waals surface area contributed by atoms with Gasteiger partial charge in [-0.15, -0.1) is 0 Å². The largest absolute Gasteiger partial charge is 0.331 e. The summed E-state index contributed by atoms with van der Waals surface area (Å²) in [7, 11) is 0. The van der Waals surface area contributed by atoms with Crippen molar-refractivity contribution in [2.24, 2.45) is 11.8 Å². The highest BCUT2D eigenvalue weighted by atomic mass is 15.1. The van der Waals surface area contributed by atoms with E-state index in [1.165, 1.54) is 124 Å². The van der Waals surface area contributed by atoms with Crippen molar-refractivity contribution in [3.63, 3.8) is 0 Å². The Hall–Kier alpha value is -3.20. The smallest absolute Gasteiger partial charge is 0.103 e. The molecule has 4 unspecified atom stereocenters. The van der Waals surface area contributed by atoms with E-state index in [-0.39, 0.29) is 0 Å². The summed E-state index contributed by atoms with van der Waals surface area (Å²) < 4.78 is 0. The van der Waals surface area contributed by atoms with Crippen LogP contribution in [0.25, 0.3) is 0 Å². The Morgan fingerprint density at radius 3 is 1.12 bits per heavy atom. The van der Waals surface area contributed by atoms with Crippen LogP contribution in [0.1, 0.15) is 136 Å². The lowest BCUT2D eigenvalue weighted by atomic mass is 9.78. The van der Waals surface area contributed by atoms with E-state index in [4.69, 9.17) is 0 Å². The molecule has 2 aliphatic heterocycles. The van der Waals surface area contributed by atoms with E-state index < -0.39 is 0 Å². The molecule has 50 heavy (non-hydrogen) atoms. The second-order valence-electron chi connectivity index (χ2n) is 16.3. The minimum atomic E-state index is 0.587. The molecule has 0 amide bonds. The second kappa shape index (κ2) is 18.3. The van der Waals surface area contributed by atoms with Gasteiger partial charge in [-0.3, -0.25) is 0 Å². The van der Waals surface area contributed by atoms with Gasteiger partial charge in [0.2, 0.25) is 0 Å². The maximum atomic E-state index is 2.43. The number of hydrogen-bond acceptors (Lipinski definition) is 0. The van der Waals surface area contributed by atoms with Crippen molar-refractivity contribution in [3.05, 3.63) is 143 Å². The van der Waals surface area contributed by atoms with E-state index in [0.29, 0.717) is 23.7 Å². The maximum absolute atomic E-state index is 2.43. The summed E-state index contributed by atoms with van der Waals surface area (Å²) in [6.45, 7) is 17.3. The molecule has 6 rings (SSSR count). The zero-order chi connectivity index (χ0) is 34.7. The molecule has 4 aromatic carbocycles. The predicted molar refractivity (Wildman–Crippen MR) is 212 cm³/mol. The average molecular weight is 671 g/mol. The van der Waals surface area contributed by atoms with Gasteiger partial charge in [-0.05, 0) is 109 Å². The Balaban J connectivity index is 0.896. The van der Waals surface area contributed by atoms with E-state index in [2.05, 4.69) is 137 Å². The number of nitrogens with one attached hydrogen (secondary N) is 2. The van der Waals surface area contributed by atoms with Crippen molar-refractivity contribution < 1.29 is 9.80 Å². The van der Waals surface area contributed by atoms with Crippen LogP contribution in [0.4, 0.5) is 0 Å². The van der Waals surface area contributed by atoms with E-state index >= 15 is 0 Å². The third-order valence-electron chi connectivity index (χ3n) is 13.0. The predicted octanol–water partition coefficient (Wildman–Crippen LogP) is 9.35. The number of quaternary nitrogens is 2. The van der Waals surface area contributed by atoms with E-state index in [1.54, 1.807) is 9.80 Å². The molecule has 2 heteroatoms. The van der Waals surface area contributed by atoms with Crippen LogP contribution in [0.15, 0.2) is 109 Å². The number of piperidine rings is 2.